The quantitative estimate of drug-likeness (QED) is 0.431. The number of allylic oxidation sites excluding steroid dienone is 1. The third kappa shape index (κ3) is 3.11. The van der Waals surface area contributed by atoms with Crippen molar-refractivity contribution < 1.29 is 24.7 Å². The Bertz CT molecular complexity index is 782. The summed E-state index contributed by atoms with van der Waals surface area (Å²) < 4.78 is 0. The van der Waals surface area contributed by atoms with Crippen molar-refractivity contribution in [2.75, 3.05) is 13.1 Å². The molecule has 0 amide bonds. The number of nitro groups is 1. The van der Waals surface area contributed by atoms with Crippen molar-refractivity contribution in [1.29, 1.82) is 0 Å². The molecule has 2 rings (SSSR count). The lowest BCUT2D eigenvalue weighted by Gasteiger charge is -2.33. The Balaban J connectivity index is 2.66. The van der Waals surface area contributed by atoms with Gasteiger partial charge >= 0.3 is 11.7 Å². The van der Waals surface area contributed by atoms with Crippen molar-refractivity contribution in [2.24, 2.45) is 5.92 Å². The van der Waals surface area contributed by atoms with Gasteiger partial charge in [0.2, 0.25) is 0 Å². The average molecular weight is 360 g/mol. The molecule has 2 atom stereocenters. The normalized spacial score (nSPS) is 22.2. The summed E-state index contributed by atoms with van der Waals surface area (Å²) in [5.74, 6) is -4.15. The van der Waals surface area contributed by atoms with Crippen LogP contribution in [-0.4, -0.2) is 50.5 Å². The number of hydrogen-bond acceptors (Lipinski definition) is 6. The minimum atomic E-state index is -2.97. The Hall–Kier alpha value is -3.00. The predicted molar refractivity (Wildman–Crippen MR) is 92.9 cm³/mol. The Morgan fingerprint density at radius 2 is 1.81 bits per heavy atom. The maximum atomic E-state index is 12.8. The fourth-order valence-electron chi connectivity index (χ4n) is 3.09. The summed E-state index contributed by atoms with van der Waals surface area (Å²) >= 11 is 0. The van der Waals surface area contributed by atoms with E-state index in [0.717, 1.165) is 0 Å². The number of carbonyl (C=O) groups excluding carboxylic acids is 1. The fourth-order valence-corrected chi connectivity index (χ4v) is 3.09. The van der Waals surface area contributed by atoms with Crippen LogP contribution in [0.2, 0.25) is 0 Å². The zero-order valence-corrected chi connectivity index (χ0v) is 14.5. The SMILES string of the molecule is CCN(CC)C1=C([N+](=O)[O-])C(O)(C(=O)O)C(C(=O)c2ccccc2)C=C1. The molecule has 0 fully saturated rings. The molecule has 0 heterocycles. The lowest BCUT2D eigenvalue weighted by molar-refractivity contribution is -0.445. The van der Waals surface area contributed by atoms with Crippen LogP contribution in [0.5, 0.6) is 0 Å². The molecule has 138 valence electrons. The van der Waals surface area contributed by atoms with Gasteiger partial charge in [-0.2, -0.15) is 0 Å². The number of nitrogens with zero attached hydrogens (tertiary/aromatic N) is 2. The van der Waals surface area contributed by atoms with Crippen molar-refractivity contribution in [3.8, 4) is 0 Å². The lowest BCUT2D eigenvalue weighted by Crippen LogP contribution is -2.54. The maximum Gasteiger partial charge on any atom is 0.348 e. The maximum absolute atomic E-state index is 12.8. The number of aliphatic hydroxyl groups is 1. The van der Waals surface area contributed by atoms with Crippen LogP contribution in [0.1, 0.15) is 24.2 Å². The molecule has 0 saturated heterocycles. The summed E-state index contributed by atoms with van der Waals surface area (Å²) in [6.45, 7) is 4.26. The molecular weight excluding hydrogens is 340 g/mol. The number of carbonyl (C=O) groups is 2. The largest absolute Gasteiger partial charge is 0.479 e. The molecule has 0 aromatic heterocycles. The number of Topliss-reactive ketones (excluding diaryl/α,β-unsaturated/α-hetero) is 1. The zero-order valence-electron chi connectivity index (χ0n) is 14.5. The van der Waals surface area contributed by atoms with Gasteiger partial charge in [-0.25, -0.2) is 4.79 Å². The summed E-state index contributed by atoms with van der Waals surface area (Å²) in [5, 5.41) is 32.2. The van der Waals surface area contributed by atoms with Gasteiger partial charge in [-0.1, -0.05) is 36.4 Å². The lowest BCUT2D eigenvalue weighted by atomic mass is 9.76. The highest BCUT2D eigenvalue weighted by Crippen LogP contribution is 2.38. The molecule has 2 unspecified atom stereocenters. The highest BCUT2D eigenvalue weighted by Gasteiger charge is 2.59. The van der Waals surface area contributed by atoms with Crippen LogP contribution in [0.25, 0.3) is 0 Å². The van der Waals surface area contributed by atoms with E-state index in [1.54, 1.807) is 36.9 Å². The summed E-state index contributed by atoms with van der Waals surface area (Å²) in [4.78, 5) is 37.0. The van der Waals surface area contributed by atoms with E-state index in [1.165, 1.54) is 24.3 Å². The van der Waals surface area contributed by atoms with Gasteiger partial charge in [-0.15, -0.1) is 0 Å². The molecule has 1 aromatic carbocycles. The molecule has 1 aromatic rings. The molecule has 2 N–H and O–H groups in total. The molecule has 8 heteroatoms. The number of carboxylic acid groups (broad SMARTS) is 1. The van der Waals surface area contributed by atoms with Crippen molar-refractivity contribution >= 4 is 11.8 Å². The highest BCUT2D eigenvalue weighted by molar-refractivity contribution is 6.04. The van der Waals surface area contributed by atoms with Gasteiger partial charge in [0.15, 0.2) is 5.78 Å². The Morgan fingerprint density at radius 1 is 1.23 bits per heavy atom. The standard InChI is InChI=1S/C18H20N2O6/c1-3-19(4-2)14-11-10-13(15(21)12-8-6-5-7-9-12)18(24,17(22)23)16(14)20(25)26/h5-11,13,24H,3-4H2,1-2H3,(H,22,23). The van der Waals surface area contributed by atoms with Crippen LogP contribution >= 0.6 is 0 Å². The topological polar surface area (TPSA) is 121 Å². The number of rotatable bonds is 7. The van der Waals surface area contributed by atoms with E-state index in [4.69, 9.17) is 0 Å². The minimum Gasteiger partial charge on any atom is -0.479 e. The number of likely N-dealkylation sites (N-methyl/N-ethyl adjacent to an activating group) is 1. The van der Waals surface area contributed by atoms with Crippen molar-refractivity contribution in [3.05, 3.63) is 69.6 Å². The third-order valence-electron chi connectivity index (χ3n) is 4.45. The molecule has 26 heavy (non-hydrogen) atoms. The summed E-state index contributed by atoms with van der Waals surface area (Å²) in [7, 11) is 0. The monoisotopic (exact) mass is 360 g/mol. The predicted octanol–water partition coefficient (Wildman–Crippen LogP) is 1.70. The number of benzene rings is 1. The average Bonchev–Trinajstić information content (AvgIpc) is 2.62. The van der Waals surface area contributed by atoms with Crippen LogP contribution in [0.15, 0.2) is 53.9 Å². The van der Waals surface area contributed by atoms with Gasteiger partial charge in [0.25, 0.3) is 5.60 Å². The van der Waals surface area contributed by atoms with Crippen LogP contribution in [0.3, 0.4) is 0 Å². The van der Waals surface area contributed by atoms with E-state index in [2.05, 4.69) is 0 Å². The van der Waals surface area contributed by atoms with Crippen molar-refractivity contribution in [1.82, 2.24) is 4.90 Å². The highest BCUT2D eigenvalue weighted by atomic mass is 16.6. The molecule has 0 bridgehead atoms. The van der Waals surface area contributed by atoms with Crippen LogP contribution in [0.4, 0.5) is 0 Å². The van der Waals surface area contributed by atoms with Crippen LogP contribution in [0, 0.1) is 16.0 Å². The van der Waals surface area contributed by atoms with Gasteiger partial charge in [0.05, 0.1) is 10.8 Å². The van der Waals surface area contributed by atoms with Crippen LogP contribution < -0.4 is 0 Å². The summed E-state index contributed by atoms with van der Waals surface area (Å²) in [6, 6.07) is 7.79. The van der Waals surface area contributed by atoms with Gasteiger partial charge < -0.3 is 15.1 Å². The van der Waals surface area contributed by atoms with E-state index >= 15 is 0 Å². The van der Waals surface area contributed by atoms with Gasteiger partial charge in [-0.3, -0.25) is 14.9 Å². The Labute approximate surface area is 150 Å². The van der Waals surface area contributed by atoms with E-state index < -0.39 is 33.9 Å². The van der Waals surface area contributed by atoms with Crippen molar-refractivity contribution in [2.45, 2.75) is 19.4 Å². The van der Waals surface area contributed by atoms with Gasteiger partial charge in [0, 0.05) is 18.7 Å². The van der Waals surface area contributed by atoms with E-state index in [-0.39, 0.29) is 11.3 Å². The third-order valence-corrected chi connectivity index (χ3v) is 4.45. The number of aliphatic carboxylic acids is 1. The number of carboxylic acids is 1. The summed E-state index contributed by atoms with van der Waals surface area (Å²) in [5.41, 5.74) is -3.72. The smallest absolute Gasteiger partial charge is 0.348 e. The van der Waals surface area contributed by atoms with Crippen LogP contribution in [-0.2, 0) is 4.79 Å². The number of hydrogen-bond donors (Lipinski definition) is 2. The molecule has 0 radical (unpaired) electrons. The fraction of sp³-hybridized carbons (Fsp3) is 0.333. The first-order chi connectivity index (χ1) is 12.3. The zero-order chi connectivity index (χ0) is 19.5. The molecule has 8 nitrogen and oxygen atoms in total. The first-order valence-electron chi connectivity index (χ1n) is 8.16. The second kappa shape index (κ2) is 7.49. The second-order valence-electron chi connectivity index (χ2n) is 5.80. The van der Waals surface area contributed by atoms with Gasteiger partial charge in [0.1, 0.15) is 5.70 Å². The van der Waals surface area contributed by atoms with E-state index in [9.17, 15) is 29.9 Å². The first kappa shape index (κ1) is 19.3. The molecular formula is C18H20N2O6. The Morgan fingerprint density at radius 3 is 2.27 bits per heavy atom. The molecule has 0 spiro atoms. The molecule has 1 aliphatic rings. The molecule has 0 aliphatic heterocycles. The first-order valence-corrected chi connectivity index (χ1v) is 8.16. The summed E-state index contributed by atoms with van der Waals surface area (Å²) in [6.07, 6.45) is 2.57. The van der Waals surface area contributed by atoms with Gasteiger partial charge in [-0.05, 0) is 19.9 Å². The van der Waals surface area contributed by atoms with Crippen molar-refractivity contribution in [3.63, 3.8) is 0 Å². The second-order valence-corrected chi connectivity index (χ2v) is 5.80. The van der Waals surface area contributed by atoms with E-state index in [1.807, 2.05) is 0 Å². The molecule has 0 saturated carbocycles. The number of ketones is 1. The minimum absolute atomic E-state index is 0.0120. The van der Waals surface area contributed by atoms with E-state index in [0.29, 0.717) is 13.1 Å². The Kier molecular flexibility index (Phi) is 5.56. The molecule has 1 aliphatic carbocycles.